The number of likely N-dealkylation sites (tertiary alicyclic amines) is 1. The van der Waals surface area contributed by atoms with E-state index in [1.807, 2.05) is 44.2 Å². The lowest BCUT2D eigenvalue weighted by Gasteiger charge is -2.34. The average molecular weight is 355 g/mol. The topological polar surface area (TPSA) is 51.7 Å². The predicted octanol–water partition coefficient (Wildman–Crippen LogP) is 4.65. The maximum absolute atomic E-state index is 12.2. The Kier molecular flexibility index (Phi) is 7.04. The minimum atomic E-state index is -0.427. The third-order valence-corrected chi connectivity index (χ3v) is 5.03. The van der Waals surface area contributed by atoms with E-state index in [0.717, 1.165) is 44.0 Å². The highest BCUT2D eigenvalue weighted by Crippen LogP contribution is 2.24. The molecule has 2 atom stereocenters. The van der Waals surface area contributed by atoms with Gasteiger partial charge in [0.05, 0.1) is 0 Å². The molecule has 0 N–H and O–H groups in total. The molecular weight excluding hydrogens is 324 g/mol. The SMILES string of the molecule is C[C@@H](OCCC[C@H]1CCCN(C(=O)OC(C)(C)C)C1)c1nccs1. The highest BCUT2D eigenvalue weighted by molar-refractivity contribution is 7.09. The standard InChI is InChI=1S/C18H30N2O3S/c1-14(16-19-9-12-24-16)22-11-6-8-15-7-5-10-20(13-15)17(21)23-18(2,3)4/h9,12,14-15H,5-8,10-11,13H2,1-4H3/t14-,15-/m1/s1. The van der Waals surface area contributed by atoms with E-state index < -0.39 is 5.60 Å². The lowest BCUT2D eigenvalue weighted by atomic mass is 9.94. The second-order valence-corrected chi connectivity index (χ2v) is 8.39. The van der Waals surface area contributed by atoms with E-state index in [1.165, 1.54) is 6.42 Å². The Hall–Kier alpha value is -1.14. The first-order chi connectivity index (χ1) is 11.3. The van der Waals surface area contributed by atoms with Crippen LogP contribution < -0.4 is 0 Å². The Bertz CT molecular complexity index is 499. The van der Waals surface area contributed by atoms with E-state index in [2.05, 4.69) is 4.98 Å². The van der Waals surface area contributed by atoms with Gasteiger partial charge in [0.2, 0.25) is 0 Å². The largest absolute Gasteiger partial charge is 0.444 e. The van der Waals surface area contributed by atoms with Crippen molar-refractivity contribution in [1.29, 1.82) is 0 Å². The molecule has 0 aromatic carbocycles. The molecule has 1 aromatic rings. The Labute approximate surface area is 149 Å². The molecule has 0 aliphatic carbocycles. The van der Waals surface area contributed by atoms with E-state index in [1.54, 1.807) is 11.3 Å². The second-order valence-electron chi connectivity index (χ2n) is 7.46. The summed E-state index contributed by atoms with van der Waals surface area (Å²) in [7, 11) is 0. The van der Waals surface area contributed by atoms with Gasteiger partial charge in [0, 0.05) is 31.3 Å². The number of piperidine rings is 1. The van der Waals surface area contributed by atoms with Gasteiger partial charge in [-0.15, -0.1) is 11.3 Å². The fraction of sp³-hybridized carbons (Fsp3) is 0.778. The first kappa shape index (κ1) is 19.2. The van der Waals surface area contributed by atoms with Crippen LogP contribution in [0.2, 0.25) is 0 Å². The third kappa shape index (κ3) is 6.40. The van der Waals surface area contributed by atoms with Crippen LogP contribution in [0.4, 0.5) is 4.79 Å². The minimum Gasteiger partial charge on any atom is -0.444 e. The van der Waals surface area contributed by atoms with Crippen molar-refractivity contribution in [2.45, 2.75) is 65.1 Å². The Morgan fingerprint density at radius 1 is 1.50 bits per heavy atom. The molecule has 6 heteroatoms. The van der Waals surface area contributed by atoms with Crippen molar-refractivity contribution in [3.63, 3.8) is 0 Å². The zero-order chi connectivity index (χ0) is 17.6. The summed E-state index contributed by atoms with van der Waals surface area (Å²) in [6.07, 6.45) is 6.04. The molecule has 0 radical (unpaired) electrons. The van der Waals surface area contributed by atoms with Gasteiger partial charge in [-0.05, 0) is 59.3 Å². The van der Waals surface area contributed by atoms with Crippen molar-refractivity contribution < 1.29 is 14.3 Å². The van der Waals surface area contributed by atoms with Crippen LogP contribution in [0.3, 0.4) is 0 Å². The number of hydrogen-bond acceptors (Lipinski definition) is 5. The van der Waals surface area contributed by atoms with Gasteiger partial charge in [-0.3, -0.25) is 0 Å². The lowest BCUT2D eigenvalue weighted by Crippen LogP contribution is -2.42. The average Bonchev–Trinajstić information content (AvgIpc) is 3.04. The molecule has 2 rings (SSSR count). The molecule has 24 heavy (non-hydrogen) atoms. The van der Waals surface area contributed by atoms with Crippen LogP contribution in [0.1, 0.15) is 64.5 Å². The van der Waals surface area contributed by atoms with Gasteiger partial charge in [-0.1, -0.05) is 0 Å². The van der Waals surface area contributed by atoms with Crippen molar-refractivity contribution in [3.8, 4) is 0 Å². The predicted molar refractivity (Wildman–Crippen MR) is 96.2 cm³/mol. The Morgan fingerprint density at radius 2 is 2.29 bits per heavy atom. The fourth-order valence-electron chi connectivity index (χ4n) is 2.93. The number of carbonyl (C=O) groups excluding carboxylic acids is 1. The van der Waals surface area contributed by atoms with Crippen LogP contribution >= 0.6 is 11.3 Å². The van der Waals surface area contributed by atoms with E-state index in [0.29, 0.717) is 5.92 Å². The molecule has 1 aromatic heterocycles. The molecule has 2 heterocycles. The summed E-state index contributed by atoms with van der Waals surface area (Å²) >= 11 is 1.63. The third-order valence-electron chi connectivity index (χ3n) is 4.09. The molecule has 1 aliphatic rings. The molecule has 136 valence electrons. The van der Waals surface area contributed by atoms with E-state index in [4.69, 9.17) is 9.47 Å². The quantitative estimate of drug-likeness (QED) is 0.698. The van der Waals surface area contributed by atoms with Crippen LogP contribution in [0.25, 0.3) is 0 Å². The normalized spacial score (nSPS) is 20.0. The highest BCUT2D eigenvalue weighted by Gasteiger charge is 2.27. The zero-order valence-corrected chi connectivity index (χ0v) is 16.1. The van der Waals surface area contributed by atoms with Gasteiger partial charge in [0.1, 0.15) is 16.7 Å². The second kappa shape index (κ2) is 8.81. The van der Waals surface area contributed by atoms with Crippen molar-refractivity contribution in [1.82, 2.24) is 9.88 Å². The van der Waals surface area contributed by atoms with Gasteiger partial charge in [0.15, 0.2) is 0 Å². The monoisotopic (exact) mass is 354 g/mol. The molecular formula is C18H30N2O3S. The number of ether oxygens (including phenoxy) is 2. The van der Waals surface area contributed by atoms with E-state index >= 15 is 0 Å². The van der Waals surface area contributed by atoms with Crippen LogP contribution in [0.5, 0.6) is 0 Å². The summed E-state index contributed by atoms with van der Waals surface area (Å²) in [5.74, 6) is 0.546. The molecule has 5 nitrogen and oxygen atoms in total. The van der Waals surface area contributed by atoms with Gasteiger partial charge in [-0.2, -0.15) is 0 Å². The van der Waals surface area contributed by atoms with Crippen molar-refractivity contribution in [3.05, 3.63) is 16.6 Å². The summed E-state index contributed by atoms with van der Waals surface area (Å²) in [6.45, 7) is 10.1. The maximum Gasteiger partial charge on any atom is 0.410 e. The Morgan fingerprint density at radius 3 is 2.96 bits per heavy atom. The molecule has 1 saturated heterocycles. The molecule has 1 fully saturated rings. The van der Waals surface area contributed by atoms with E-state index in [-0.39, 0.29) is 12.2 Å². The summed E-state index contributed by atoms with van der Waals surface area (Å²) in [6, 6.07) is 0. The molecule has 1 aliphatic heterocycles. The van der Waals surface area contributed by atoms with Crippen LogP contribution in [0.15, 0.2) is 11.6 Å². The number of hydrogen-bond donors (Lipinski definition) is 0. The number of rotatable bonds is 6. The summed E-state index contributed by atoms with van der Waals surface area (Å²) in [5.41, 5.74) is -0.427. The zero-order valence-electron chi connectivity index (χ0n) is 15.3. The van der Waals surface area contributed by atoms with Gasteiger partial charge < -0.3 is 14.4 Å². The molecule has 0 saturated carbocycles. The number of amides is 1. The number of aromatic nitrogens is 1. The van der Waals surface area contributed by atoms with Gasteiger partial charge in [0.25, 0.3) is 0 Å². The van der Waals surface area contributed by atoms with Crippen LogP contribution in [0, 0.1) is 5.92 Å². The van der Waals surface area contributed by atoms with Crippen LogP contribution in [-0.2, 0) is 9.47 Å². The summed E-state index contributed by atoms with van der Waals surface area (Å²) in [4.78, 5) is 18.3. The number of carbonyl (C=O) groups is 1. The number of nitrogens with zero attached hydrogens (tertiary/aromatic N) is 2. The first-order valence-corrected chi connectivity index (χ1v) is 9.72. The fourth-order valence-corrected chi connectivity index (χ4v) is 3.57. The molecule has 1 amide bonds. The first-order valence-electron chi connectivity index (χ1n) is 8.84. The molecule has 0 bridgehead atoms. The summed E-state index contributed by atoms with van der Waals surface area (Å²) in [5, 5.41) is 3.01. The van der Waals surface area contributed by atoms with Crippen LogP contribution in [-0.4, -0.2) is 41.3 Å². The van der Waals surface area contributed by atoms with Crippen molar-refractivity contribution in [2.24, 2.45) is 5.92 Å². The number of thiazole rings is 1. The van der Waals surface area contributed by atoms with Crippen molar-refractivity contribution >= 4 is 17.4 Å². The van der Waals surface area contributed by atoms with Gasteiger partial charge >= 0.3 is 6.09 Å². The summed E-state index contributed by atoms with van der Waals surface area (Å²) < 4.78 is 11.3. The molecule has 0 spiro atoms. The smallest absolute Gasteiger partial charge is 0.410 e. The van der Waals surface area contributed by atoms with E-state index in [9.17, 15) is 4.79 Å². The molecule has 0 unspecified atom stereocenters. The maximum atomic E-state index is 12.2. The lowest BCUT2D eigenvalue weighted by molar-refractivity contribution is 0.0148. The van der Waals surface area contributed by atoms with Gasteiger partial charge in [-0.25, -0.2) is 9.78 Å². The Balaban J connectivity index is 1.66. The van der Waals surface area contributed by atoms with Crippen molar-refractivity contribution in [2.75, 3.05) is 19.7 Å². The highest BCUT2D eigenvalue weighted by atomic mass is 32.1. The minimum absolute atomic E-state index is 0.0645.